The van der Waals surface area contributed by atoms with Crippen LogP contribution in [0.25, 0.3) is 0 Å². The standard InChI is InChI=1S/C19H28N4O2/c1-14(2)21-18(25)22-16-6-4-3-5-15(16)17(24)23-11-8-19(9-12-23)7-10-20-13-19/h3-6,14,20H,7-13H2,1-2H3,(H2,21,22,25). The lowest BCUT2D eigenvalue weighted by Crippen LogP contribution is -2.44. The Hall–Kier alpha value is -2.08. The lowest BCUT2D eigenvalue weighted by molar-refractivity contribution is 0.0608. The summed E-state index contributed by atoms with van der Waals surface area (Å²) in [5, 5.41) is 9.04. The van der Waals surface area contributed by atoms with Crippen LogP contribution in [0.2, 0.25) is 0 Å². The van der Waals surface area contributed by atoms with Crippen molar-refractivity contribution in [2.24, 2.45) is 5.41 Å². The molecule has 1 aromatic carbocycles. The van der Waals surface area contributed by atoms with Gasteiger partial charge in [-0.05, 0) is 57.2 Å². The highest BCUT2D eigenvalue weighted by Crippen LogP contribution is 2.37. The van der Waals surface area contributed by atoms with Gasteiger partial charge in [0.25, 0.3) is 5.91 Å². The Bertz CT molecular complexity index is 628. The Morgan fingerprint density at radius 1 is 1.16 bits per heavy atom. The van der Waals surface area contributed by atoms with Gasteiger partial charge in [0.15, 0.2) is 0 Å². The van der Waals surface area contributed by atoms with Crippen LogP contribution in [0, 0.1) is 5.41 Å². The molecular formula is C19H28N4O2. The van der Waals surface area contributed by atoms with Crippen LogP contribution in [-0.2, 0) is 0 Å². The summed E-state index contributed by atoms with van der Waals surface area (Å²) in [5.74, 6) is 0.00116. The Morgan fingerprint density at radius 3 is 2.52 bits per heavy atom. The number of nitrogens with zero attached hydrogens (tertiary/aromatic N) is 1. The van der Waals surface area contributed by atoms with Gasteiger partial charge >= 0.3 is 6.03 Å². The molecular weight excluding hydrogens is 316 g/mol. The number of carbonyl (C=O) groups is 2. The summed E-state index contributed by atoms with van der Waals surface area (Å²) < 4.78 is 0. The minimum absolute atomic E-state index is 0.00116. The van der Waals surface area contributed by atoms with Crippen molar-refractivity contribution < 1.29 is 9.59 Å². The monoisotopic (exact) mass is 344 g/mol. The van der Waals surface area contributed by atoms with E-state index in [1.165, 1.54) is 6.42 Å². The smallest absolute Gasteiger partial charge is 0.319 e. The fraction of sp³-hybridized carbons (Fsp3) is 0.579. The molecule has 0 bridgehead atoms. The first-order chi connectivity index (χ1) is 12.0. The lowest BCUT2D eigenvalue weighted by atomic mass is 9.78. The second kappa shape index (κ2) is 7.44. The van der Waals surface area contributed by atoms with Gasteiger partial charge in [0.05, 0.1) is 11.3 Å². The van der Waals surface area contributed by atoms with Crippen molar-refractivity contribution in [1.29, 1.82) is 0 Å². The van der Waals surface area contributed by atoms with Gasteiger partial charge in [-0.15, -0.1) is 0 Å². The van der Waals surface area contributed by atoms with Crippen LogP contribution in [0.4, 0.5) is 10.5 Å². The minimum atomic E-state index is -0.287. The number of nitrogens with one attached hydrogen (secondary N) is 3. The molecule has 3 rings (SSSR count). The number of amides is 3. The maximum atomic E-state index is 13.0. The topological polar surface area (TPSA) is 73.5 Å². The van der Waals surface area contributed by atoms with Crippen molar-refractivity contribution in [3.8, 4) is 0 Å². The Morgan fingerprint density at radius 2 is 1.88 bits per heavy atom. The highest BCUT2D eigenvalue weighted by molar-refractivity contribution is 6.03. The molecule has 6 heteroatoms. The number of likely N-dealkylation sites (tertiary alicyclic amines) is 1. The molecule has 25 heavy (non-hydrogen) atoms. The van der Waals surface area contributed by atoms with Gasteiger partial charge in [0.1, 0.15) is 0 Å². The molecule has 2 saturated heterocycles. The third kappa shape index (κ3) is 4.12. The first-order valence-electron chi connectivity index (χ1n) is 9.16. The number of para-hydroxylation sites is 1. The molecule has 0 aliphatic carbocycles. The fourth-order valence-electron chi connectivity index (χ4n) is 3.78. The van der Waals surface area contributed by atoms with Gasteiger partial charge in [-0.25, -0.2) is 4.79 Å². The highest BCUT2D eigenvalue weighted by Gasteiger charge is 2.38. The van der Waals surface area contributed by atoms with E-state index in [0.29, 0.717) is 16.7 Å². The molecule has 3 N–H and O–H groups in total. The molecule has 3 amide bonds. The van der Waals surface area contributed by atoms with Gasteiger partial charge in [-0.2, -0.15) is 0 Å². The van der Waals surface area contributed by atoms with Crippen molar-refractivity contribution in [1.82, 2.24) is 15.5 Å². The molecule has 0 unspecified atom stereocenters. The quantitative estimate of drug-likeness (QED) is 0.788. The Labute approximate surface area is 149 Å². The van der Waals surface area contributed by atoms with Crippen molar-refractivity contribution >= 4 is 17.6 Å². The van der Waals surface area contributed by atoms with Gasteiger partial charge < -0.3 is 20.9 Å². The van der Waals surface area contributed by atoms with Crippen molar-refractivity contribution in [2.75, 3.05) is 31.5 Å². The SMILES string of the molecule is CC(C)NC(=O)Nc1ccccc1C(=O)N1CCC2(CCNC2)CC1. The molecule has 2 aliphatic heterocycles. The normalized spacial score (nSPS) is 19.2. The summed E-state index contributed by atoms with van der Waals surface area (Å²) in [4.78, 5) is 26.9. The average molecular weight is 344 g/mol. The molecule has 0 radical (unpaired) electrons. The summed E-state index contributed by atoms with van der Waals surface area (Å²) in [6.07, 6.45) is 3.31. The molecule has 1 aromatic rings. The molecule has 2 heterocycles. The van der Waals surface area contributed by atoms with Crippen molar-refractivity contribution in [3.05, 3.63) is 29.8 Å². The number of carbonyl (C=O) groups excluding carboxylic acids is 2. The van der Waals surface area contributed by atoms with Crippen LogP contribution < -0.4 is 16.0 Å². The van der Waals surface area contributed by atoms with E-state index in [4.69, 9.17) is 0 Å². The number of hydrogen-bond acceptors (Lipinski definition) is 3. The Balaban J connectivity index is 1.67. The number of anilines is 1. The first kappa shape index (κ1) is 17.7. The molecule has 2 fully saturated rings. The third-order valence-corrected chi connectivity index (χ3v) is 5.27. The first-order valence-corrected chi connectivity index (χ1v) is 9.16. The zero-order valence-corrected chi connectivity index (χ0v) is 15.1. The zero-order valence-electron chi connectivity index (χ0n) is 15.1. The maximum absolute atomic E-state index is 13.0. The molecule has 0 atom stereocenters. The van der Waals surface area contributed by atoms with E-state index < -0.39 is 0 Å². The van der Waals surface area contributed by atoms with Crippen LogP contribution in [-0.4, -0.2) is 49.1 Å². The van der Waals surface area contributed by atoms with Gasteiger partial charge in [-0.3, -0.25) is 4.79 Å². The van der Waals surface area contributed by atoms with Gasteiger partial charge in [-0.1, -0.05) is 12.1 Å². The highest BCUT2D eigenvalue weighted by atomic mass is 16.2. The molecule has 1 spiro atoms. The summed E-state index contributed by atoms with van der Waals surface area (Å²) >= 11 is 0. The van der Waals surface area contributed by atoms with Crippen molar-refractivity contribution in [2.45, 2.75) is 39.2 Å². The second-order valence-corrected chi connectivity index (χ2v) is 7.52. The minimum Gasteiger partial charge on any atom is -0.339 e. The van der Waals surface area contributed by atoms with E-state index in [0.717, 1.165) is 39.0 Å². The van der Waals surface area contributed by atoms with E-state index in [9.17, 15) is 9.59 Å². The molecule has 2 aliphatic rings. The van der Waals surface area contributed by atoms with Gasteiger partial charge in [0, 0.05) is 25.7 Å². The lowest BCUT2D eigenvalue weighted by Gasteiger charge is -2.39. The predicted molar refractivity (Wildman–Crippen MR) is 98.8 cm³/mol. The van der Waals surface area contributed by atoms with E-state index >= 15 is 0 Å². The predicted octanol–water partition coefficient (Wildman–Crippen LogP) is 2.43. The van der Waals surface area contributed by atoms with Crippen LogP contribution >= 0.6 is 0 Å². The fourth-order valence-corrected chi connectivity index (χ4v) is 3.78. The Kier molecular flexibility index (Phi) is 5.27. The van der Waals surface area contributed by atoms with E-state index in [1.807, 2.05) is 30.9 Å². The third-order valence-electron chi connectivity index (χ3n) is 5.27. The van der Waals surface area contributed by atoms with E-state index in [1.54, 1.807) is 12.1 Å². The number of hydrogen-bond donors (Lipinski definition) is 3. The van der Waals surface area contributed by atoms with Gasteiger partial charge in [0.2, 0.25) is 0 Å². The molecule has 0 saturated carbocycles. The molecule has 6 nitrogen and oxygen atoms in total. The van der Waals surface area contributed by atoms with Crippen molar-refractivity contribution in [3.63, 3.8) is 0 Å². The summed E-state index contributed by atoms with van der Waals surface area (Å²) in [6, 6.07) is 6.99. The molecule has 136 valence electrons. The van der Waals surface area contributed by atoms with Crippen LogP contribution in [0.3, 0.4) is 0 Å². The summed E-state index contributed by atoms with van der Waals surface area (Å²) in [5.41, 5.74) is 1.50. The van der Waals surface area contributed by atoms with Crippen LogP contribution in [0.5, 0.6) is 0 Å². The largest absolute Gasteiger partial charge is 0.339 e. The maximum Gasteiger partial charge on any atom is 0.319 e. The molecule has 0 aromatic heterocycles. The summed E-state index contributed by atoms with van der Waals surface area (Å²) in [6.45, 7) is 7.53. The summed E-state index contributed by atoms with van der Waals surface area (Å²) in [7, 11) is 0. The number of urea groups is 1. The van der Waals surface area contributed by atoms with E-state index in [2.05, 4.69) is 16.0 Å². The second-order valence-electron chi connectivity index (χ2n) is 7.52. The van der Waals surface area contributed by atoms with E-state index in [-0.39, 0.29) is 18.0 Å². The average Bonchev–Trinajstić information content (AvgIpc) is 3.03. The number of benzene rings is 1. The van der Waals surface area contributed by atoms with Crippen LogP contribution in [0.1, 0.15) is 43.5 Å². The zero-order chi connectivity index (χ0) is 17.9. The number of piperidine rings is 1. The number of rotatable bonds is 3. The van der Waals surface area contributed by atoms with Crippen LogP contribution in [0.15, 0.2) is 24.3 Å².